The van der Waals surface area contributed by atoms with Crippen molar-refractivity contribution in [3.05, 3.63) is 100 Å². The number of aromatic hydroxyl groups is 1. The number of phenolic OH excluding ortho intramolecular Hbond substituents is 1. The first-order valence-corrected chi connectivity index (χ1v) is 11.5. The molecule has 35 heavy (non-hydrogen) atoms. The van der Waals surface area contributed by atoms with Crippen molar-refractivity contribution in [2.75, 3.05) is 12.4 Å². The summed E-state index contributed by atoms with van der Waals surface area (Å²) in [6, 6.07) is 25.6. The van der Waals surface area contributed by atoms with Crippen molar-refractivity contribution >= 4 is 44.4 Å². The Morgan fingerprint density at radius 3 is 2.57 bits per heavy atom. The average Bonchev–Trinajstić information content (AvgIpc) is 2.87. The number of fused-ring (bicyclic) bond motifs is 1. The van der Waals surface area contributed by atoms with Crippen molar-refractivity contribution in [2.45, 2.75) is 6.61 Å². The number of ether oxygens (including phenoxy) is 2. The van der Waals surface area contributed by atoms with Crippen LogP contribution >= 0.6 is 15.9 Å². The maximum absolute atomic E-state index is 12.6. The summed E-state index contributed by atoms with van der Waals surface area (Å²) in [5, 5.41) is 23.8. The molecule has 0 bridgehead atoms. The number of carbonyl (C=O) groups is 1. The summed E-state index contributed by atoms with van der Waals surface area (Å²) < 4.78 is 12.3. The number of methoxy groups -OCH3 is 1. The molecule has 6 nitrogen and oxygen atoms in total. The molecule has 4 rings (SSSR count). The lowest BCUT2D eigenvalue weighted by molar-refractivity contribution is -0.112. The Kier molecular flexibility index (Phi) is 7.34. The largest absolute Gasteiger partial charge is 0.508 e. The van der Waals surface area contributed by atoms with Crippen LogP contribution in [0.25, 0.3) is 16.8 Å². The van der Waals surface area contributed by atoms with Crippen LogP contribution in [0.4, 0.5) is 5.69 Å². The molecule has 0 radical (unpaired) electrons. The van der Waals surface area contributed by atoms with E-state index < -0.39 is 5.91 Å². The van der Waals surface area contributed by atoms with Gasteiger partial charge in [-0.1, -0.05) is 42.5 Å². The molecule has 0 spiro atoms. The summed E-state index contributed by atoms with van der Waals surface area (Å²) >= 11 is 3.53. The number of rotatable bonds is 7. The van der Waals surface area contributed by atoms with E-state index in [1.165, 1.54) is 25.3 Å². The molecule has 4 aromatic rings. The van der Waals surface area contributed by atoms with Crippen LogP contribution in [0.5, 0.6) is 17.2 Å². The Bertz CT molecular complexity index is 1450. The first-order valence-electron chi connectivity index (χ1n) is 10.7. The van der Waals surface area contributed by atoms with Gasteiger partial charge < -0.3 is 19.9 Å². The number of phenols is 1. The van der Waals surface area contributed by atoms with Gasteiger partial charge in [-0.15, -0.1) is 0 Å². The lowest BCUT2D eigenvalue weighted by Gasteiger charge is -2.15. The maximum atomic E-state index is 12.6. The zero-order chi connectivity index (χ0) is 24.8. The summed E-state index contributed by atoms with van der Waals surface area (Å²) in [4.78, 5) is 12.6. The standard InChI is InChI=1S/C28H21BrN2O4/c1-34-26-15-18(13-21(16-30)28(33)31-22-9-11-23(32)12-10-22)14-25(29)27(26)35-17-20-7-4-6-19-5-2-3-8-24(19)20/h2-15,32H,17H2,1H3,(H,31,33)/b21-13+. The fourth-order valence-electron chi connectivity index (χ4n) is 3.59. The molecule has 0 aliphatic rings. The SMILES string of the molecule is COc1cc(/C=C(\C#N)C(=O)Nc2ccc(O)cc2)cc(Br)c1OCc1cccc2ccccc12. The third-order valence-electron chi connectivity index (χ3n) is 5.30. The quantitative estimate of drug-likeness (QED) is 0.163. The monoisotopic (exact) mass is 528 g/mol. The minimum absolute atomic E-state index is 0.0822. The van der Waals surface area contributed by atoms with E-state index in [1.807, 2.05) is 30.3 Å². The second kappa shape index (κ2) is 10.8. The van der Waals surface area contributed by atoms with Crippen LogP contribution in [0.2, 0.25) is 0 Å². The number of carbonyl (C=O) groups excluding carboxylic acids is 1. The van der Waals surface area contributed by atoms with Gasteiger partial charge in [0.25, 0.3) is 5.91 Å². The van der Waals surface area contributed by atoms with Gasteiger partial charge in [0, 0.05) is 5.69 Å². The van der Waals surface area contributed by atoms with Crippen LogP contribution in [0.3, 0.4) is 0 Å². The molecule has 0 aromatic heterocycles. The number of anilines is 1. The van der Waals surface area contributed by atoms with Crippen LogP contribution < -0.4 is 14.8 Å². The van der Waals surface area contributed by atoms with Crippen LogP contribution in [0.1, 0.15) is 11.1 Å². The number of benzene rings is 4. The molecule has 0 aliphatic carbocycles. The van der Waals surface area contributed by atoms with Gasteiger partial charge in [0.1, 0.15) is 24.0 Å². The van der Waals surface area contributed by atoms with E-state index in [0.717, 1.165) is 16.3 Å². The highest BCUT2D eigenvalue weighted by atomic mass is 79.9. The average molecular weight is 529 g/mol. The summed E-state index contributed by atoms with van der Waals surface area (Å²) in [5.74, 6) is 0.495. The molecule has 0 unspecified atom stereocenters. The molecule has 0 atom stereocenters. The molecule has 4 aromatic carbocycles. The fraction of sp³-hybridized carbons (Fsp3) is 0.0714. The van der Waals surface area contributed by atoms with Crippen LogP contribution in [0, 0.1) is 11.3 Å². The van der Waals surface area contributed by atoms with Gasteiger partial charge >= 0.3 is 0 Å². The lowest BCUT2D eigenvalue weighted by atomic mass is 10.1. The summed E-state index contributed by atoms with van der Waals surface area (Å²) in [6.45, 7) is 0.337. The Morgan fingerprint density at radius 1 is 1.09 bits per heavy atom. The van der Waals surface area contributed by atoms with Gasteiger partial charge in [-0.05, 0) is 80.3 Å². The number of amides is 1. The lowest BCUT2D eigenvalue weighted by Crippen LogP contribution is -2.13. The number of nitrogens with one attached hydrogen (secondary N) is 1. The Hall–Kier alpha value is -4.28. The van der Waals surface area contributed by atoms with Crippen molar-refractivity contribution < 1.29 is 19.4 Å². The second-order valence-electron chi connectivity index (χ2n) is 7.63. The normalized spacial score (nSPS) is 11.1. The summed E-state index contributed by atoms with van der Waals surface area (Å²) in [5.41, 5.74) is 2.00. The van der Waals surface area contributed by atoms with E-state index in [9.17, 15) is 15.2 Å². The van der Waals surface area contributed by atoms with E-state index in [2.05, 4.69) is 39.4 Å². The molecular formula is C28H21BrN2O4. The number of halogens is 1. The van der Waals surface area contributed by atoms with Gasteiger partial charge in [-0.2, -0.15) is 5.26 Å². The molecule has 7 heteroatoms. The molecular weight excluding hydrogens is 508 g/mol. The van der Waals surface area contributed by atoms with Gasteiger partial charge in [0.05, 0.1) is 11.6 Å². The molecule has 0 saturated carbocycles. The predicted octanol–water partition coefficient (Wildman–Crippen LogP) is 6.44. The van der Waals surface area contributed by atoms with Crippen LogP contribution in [0.15, 0.2) is 88.9 Å². The molecule has 174 valence electrons. The predicted molar refractivity (Wildman–Crippen MR) is 139 cm³/mol. The molecule has 0 saturated heterocycles. The first kappa shape index (κ1) is 23.9. The number of hydrogen-bond donors (Lipinski definition) is 2. The molecule has 0 fully saturated rings. The fourth-order valence-corrected chi connectivity index (χ4v) is 4.16. The third kappa shape index (κ3) is 5.62. The van der Waals surface area contributed by atoms with Crippen molar-refractivity contribution in [1.82, 2.24) is 0 Å². The highest BCUT2D eigenvalue weighted by molar-refractivity contribution is 9.10. The van der Waals surface area contributed by atoms with E-state index >= 15 is 0 Å². The molecule has 1 amide bonds. The van der Waals surface area contributed by atoms with Gasteiger partial charge in [-0.3, -0.25) is 4.79 Å². The van der Waals surface area contributed by atoms with Crippen molar-refractivity contribution in [3.8, 4) is 23.3 Å². The Morgan fingerprint density at radius 2 is 1.83 bits per heavy atom. The highest BCUT2D eigenvalue weighted by Crippen LogP contribution is 2.38. The van der Waals surface area contributed by atoms with E-state index in [1.54, 1.807) is 24.3 Å². The summed E-state index contributed by atoms with van der Waals surface area (Å²) in [7, 11) is 1.53. The maximum Gasteiger partial charge on any atom is 0.266 e. The third-order valence-corrected chi connectivity index (χ3v) is 5.89. The van der Waals surface area contributed by atoms with Crippen LogP contribution in [-0.2, 0) is 11.4 Å². The van der Waals surface area contributed by atoms with Crippen molar-refractivity contribution in [2.24, 2.45) is 0 Å². The van der Waals surface area contributed by atoms with E-state index in [0.29, 0.717) is 33.8 Å². The molecule has 0 aliphatic heterocycles. The summed E-state index contributed by atoms with van der Waals surface area (Å²) in [6.07, 6.45) is 1.47. The highest BCUT2D eigenvalue weighted by Gasteiger charge is 2.15. The zero-order valence-corrected chi connectivity index (χ0v) is 20.4. The van der Waals surface area contributed by atoms with Crippen molar-refractivity contribution in [3.63, 3.8) is 0 Å². The van der Waals surface area contributed by atoms with Gasteiger partial charge in [-0.25, -0.2) is 0 Å². The van der Waals surface area contributed by atoms with Gasteiger partial charge in [0.2, 0.25) is 0 Å². The number of nitriles is 1. The minimum atomic E-state index is -0.565. The van der Waals surface area contributed by atoms with E-state index in [4.69, 9.17) is 9.47 Å². The van der Waals surface area contributed by atoms with Crippen molar-refractivity contribution in [1.29, 1.82) is 5.26 Å². The van der Waals surface area contributed by atoms with Crippen LogP contribution in [-0.4, -0.2) is 18.1 Å². The van der Waals surface area contributed by atoms with E-state index in [-0.39, 0.29) is 11.3 Å². The minimum Gasteiger partial charge on any atom is -0.508 e. The topological polar surface area (TPSA) is 91.6 Å². The number of hydrogen-bond acceptors (Lipinski definition) is 5. The van der Waals surface area contributed by atoms with Gasteiger partial charge in [0.15, 0.2) is 11.5 Å². The zero-order valence-electron chi connectivity index (χ0n) is 18.8. The Balaban J connectivity index is 1.56. The smallest absolute Gasteiger partial charge is 0.266 e. The molecule has 2 N–H and O–H groups in total. The number of nitrogens with zero attached hydrogens (tertiary/aromatic N) is 1. The molecule has 0 heterocycles. The first-order chi connectivity index (χ1) is 17.0. The second-order valence-corrected chi connectivity index (χ2v) is 8.49. The Labute approximate surface area is 211 Å².